The van der Waals surface area contributed by atoms with Crippen LogP contribution in [0.25, 0.3) is 0 Å². The third kappa shape index (κ3) is 6.32. The number of rotatable bonds is 9. The highest BCUT2D eigenvalue weighted by atomic mass is 79.9. The van der Waals surface area contributed by atoms with Crippen LogP contribution in [0.3, 0.4) is 0 Å². The van der Waals surface area contributed by atoms with E-state index in [4.69, 9.17) is 4.74 Å². The molecule has 0 aromatic heterocycles. The van der Waals surface area contributed by atoms with Gasteiger partial charge in [-0.1, -0.05) is 53.2 Å². The lowest BCUT2D eigenvalue weighted by molar-refractivity contribution is -0.142. The molecule has 5 nitrogen and oxygen atoms in total. The van der Waals surface area contributed by atoms with Crippen LogP contribution < -0.4 is 10.1 Å². The smallest absolute Gasteiger partial charge is 0.261 e. The van der Waals surface area contributed by atoms with Crippen molar-refractivity contribution in [2.75, 3.05) is 13.2 Å². The summed E-state index contributed by atoms with van der Waals surface area (Å²) in [6.07, 6.45) is 0.529. The molecule has 0 aliphatic heterocycles. The molecule has 0 unspecified atom stereocenters. The van der Waals surface area contributed by atoms with Gasteiger partial charge in [-0.25, -0.2) is 0 Å². The summed E-state index contributed by atoms with van der Waals surface area (Å²) >= 11 is 3.54. The largest absolute Gasteiger partial charge is 0.484 e. The Balaban J connectivity index is 2.20. The maximum absolute atomic E-state index is 13.1. The van der Waals surface area contributed by atoms with Gasteiger partial charge in [0.05, 0.1) is 0 Å². The maximum atomic E-state index is 13.1. The van der Waals surface area contributed by atoms with Gasteiger partial charge >= 0.3 is 0 Å². The van der Waals surface area contributed by atoms with Crippen LogP contribution in [0.2, 0.25) is 0 Å². The van der Waals surface area contributed by atoms with Gasteiger partial charge in [0.25, 0.3) is 5.91 Å². The van der Waals surface area contributed by atoms with Crippen molar-refractivity contribution in [3.05, 3.63) is 63.6 Å². The molecule has 2 amide bonds. The number of nitrogens with one attached hydrogen (secondary N) is 1. The van der Waals surface area contributed by atoms with E-state index in [-0.39, 0.29) is 18.4 Å². The summed E-state index contributed by atoms with van der Waals surface area (Å²) in [5.41, 5.74) is 3.06. The third-order valence-electron chi connectivity index (χ3n) is 4.70. The summed E-state index contributed by atoms with van der Waals surface area (Å²) in [7, 11) is 0. The second kappa shape index (κ2) is 11.0. The summed E-state index contributed by atoms with van der Waals surface area (Å²) < 4.78 is 6.83. The first kappa shape index (κ1) is 22.9. The Labute approximate surface area is 181 Å². The molecule has 2 rings (SSSR count). The van der Waals surface area contributed by atoms with Crippen molar-refractivity contribution in [1.29, 1.82) is 0 Å². The molecular formula is C23H29BrN2O3. The number of amides is 2. The van der Waals surface area contributed by atoms with Crippen LogP contribution >= 0.6 is 15.9 Å². The second-order valence-corrected chi connectivity index (χ2v) is 7.78. The minimum absolute atomic E-state index is 0.122. The first-order valence-electron chi connectivity index (χ1n) is 9.88. The van der Waals surface area contributed by atoms with Gasteiger partial charge in [0, 0.05) is 17.6 Å². The summed E-state index contributed by atoms with van der Waals surface area (Å²) in [6, 6.07) is 12.9. The molecule has 0 spiro atoms. The molecule has 0 bridgehead atoms. The van der Waals surface area contributed by atoms with Gasteiger partial charge in [0.15, 0.2) is 6.61 Å². The molecule has 1 atom stereocenters. The Kier molecular flexibility index (Phi) is 8.70. The lowest BCUT2D eigenvalue weighted by atomic mass is 10.1. The van der Waals surface area contributed by atoms with Crippen molar-refractivity contribution >= 4 is 27.7 Å². The zero-order valence-corrected chi connectivity index (χ0v) is 19.1. The van der Waals surface area contributed by atoms with E-state index in [2.05, 4.69) is 21.2 Å². The first-order chi connectivity index (χ1) is 13.9. The fourth-order valence-corrected chi connectivity index (χ4v) is 3.44. The van der Waals surface area contributed by atoms with Crippen molar-refractivity contribution < 1.29 is 14.3 Å². The molecule has 0 fully saturated rings. The van der Waals surface area contributed by atoms with E-state index < -0.39 is 6.04 Å². The van der Waals surface area contributed by atoms with E-state index >= 15 is 0 Å². The van der Waals surface area contributed by atoms with Gasteiger partial charge in [0.2, 0.25) is 5.91 Å². The van der Waals surface area contributed by atoms with E-state index in [1.165, 1.54) is 0 Å². The molecule has 0 heterocycles. The fraction of sp³-hybridized carbons (Fsp3) is 0.391. The molecule has 0 saturated heterocycles. The number of carbonyl (C=O) groups excluding carboxylic acids is 2. The molecule has 1 N–H and O–H groups in total. The highest BCUT2D eigenvalue weighted by Gasteiger charge is 2.28. The van der Waals surface area contributed by atoms with E-state index in [1.807, 2.05) is 70.2 Å². The van der Waals surface area contributed by atoms with Crippen molar-refractivity contribution in [2.45, 2.75) is 46.7 Å². The topological polar surface area (TPSA) is 58.6 Å². The van der Waals surface area contributed by atoms with Gasteiger partial charge in [0.1, 0.15) is 11.8 Å². The zero-order valence-electron chi connectivity index (χ0n) is 17.5. The van der Waals surface area contributed by atoms with E-state index in [0.29, 0.717) is 25.3 Å². The third-order valence-corrected chi connectivity index (χ3v) is 5.96. The number of likely N-dealkylation sites (N-methyl/N-ethyl adjacent to an activating group) is 1. The van der Waals surface area contributed by atoms with Gasteiger partial charge in [-0.3, -0.25) is 9.59 Å². The molecule has 6 heteroatoms. The Morgan fingerprint density at radius 1 is 1.10 bits per heavy atom. The molecular weight excluding hydrogens is 432 g/mol. The van der Waals surface area contributed by atoms with Crippen LogP contribution in [0, 0.1) is 13.8 Å². The van der Waals surface area contributed by atoms with Crippen molar-refractivity contribution in [3.8, 4) is 5.75 Å². The Bertz CT molecular complexity index is 816. The number of hydrogen-bond acceptors (Lipinski definition) is 3. The van der Waals surface area contributed by atoms with Crippen molar-refractivity contribution in [3.63, 3.8) is 0 Å². The monoisotopic (exact) mass is 460 g/mol. The van der Waals surface area contributed by atoms with Crippen LogP contribution in [0.1, 0.15) is 37.0 Å². The minimum Gasteiger partial charge on any atom is -0.484 e. The first-order valence-corrected chi connectivity index (χ1v) is 10.7. The summed E-state index contributed by atoms with van der Waals surface area (Å²) in [4.78, 5) is 27.2. The van der Waals surface area contributed by atoms with E-state index in [1.54, 1.807) is 4.90 Å². The highest BCUT2D eigenvalue weighted by molar-refractivity contribution is 9.10. The Morgan fingerprint density at radius 2 is 1.72 bits per heavy atom. The quantitative estimate of drug-likeness (QED) is 0.603. The lowest BCUT2D eigenvalue weighted by Gasteiger charge is -2.30. The predicted octanol–water partition coefficient (Wildman–Crippen LogP) is 4.39. The number of aryl methyl sites for hydroxylation is 2. The average molecular weight is 461 g/mol. The molecule has 2 aromatic rings. The van der Waals surface area contributed by atoms with Crippen LogP contribution in [-0.2, 0) is 16.1 Å². The van der Waals surface area contributed by atoms with Crippen LogP contribution in [0.15, 0.2) is 46.9 Å². The Morgan fingerprint density at radius 3 is 2.28 bits per heavy atom. The average Bonchev–Trinajstić information content (AvgIpc) is 2.71. The standard InChI is InChI=1S/C23H29BrN2O3/c1-5-20(23(28)25-6-2)26(14-18-10-8-7-9-11-18)21(27)15-29-19-12-16(3)22(24)17(4)13-19/h7-13,20H,5-6,14-15H2,1-4H3,(H,25,28)/t20-/m1/s1. The van der Waals surface area contributed by atoms with Gasteiger partial charge in [-0.15, -0.1) is 0 Å². The number of carbonyl (C=O) groups is 2. The van der Waals surface area contributed by atoms with Crippen molar-refractivity contribution in [2.24, 2.45) is 0 Å². The molecule has 156 valence electrons. The molecule has 0 saturated carbocycles. The molecule has 2 aromatic carbocycles. The van der Waals surface area contributed by atoms with Crippen LogP contribution in [-0.4, -0.2) is 35.9 Å². The number of nitrogens with zero attached hydrogens (tertiary/aromatic N) is 1. The SMILES string of the molecule is CCNC(=O)[C@@H](CC)N(Cc1ccccc1)C(=O)COc1cc(C)c(Br)c(C)c1. The number of benzene rings is 2. The summed E-state index contributed by atoms with van der Waals surface area (Å²) in [5.74, 6) is 0.280. The molecule has 29 heavy (non-hydrogen) atoms. The van der Waals surface area contributed by atoms with Gasteiger partial charge in [-0.05, 0) is 56.0 Å². The normalized spacial score (nSPS) is 11.6. The van der Waals surface area contributed by atoms with E-state index in [9.17, 15) is 9.59 Å². The number of hydrogen-bond donors (Lipinski definition) is 1. The maximum Gasteiger partial charge on any atom is 0.261 e. The summed E-state index contributed by atoms with van der Waals surface area (Å²) in [6.45, 7) is 8.51. The zero-order chi connectivity index (χ0) is 21.4. The minimum atomic E-state index is -0.542. The molecule has 0 aliphatic carbocycles. The summed E-state index contributed by atoms with van der Waals surface area (Å²) in [5, 5.41) is 2.83. The lowest BCUT2D eigenvalue weighted by Crippen LogP contribution is -2.50. The molecule has 0 aliphatic rings. The number of ether oxygens (including phenoxy) is 1. The Hall–Kier alpha value is -2.34. The number of halogens is 1. The van der Waals surface area contributed by atoms with Crippen LogP contribution in [0.4, 0.5) is 0 Å². The van der Waals surface area contributed by atoms with Crippen molar-refractivity contribution in [1.82, 2.24) is 10.2 Å². The fourth-order valence-electron chi connectivity index (χ4n) is 3.21. The van der Waals surface area contributed by atoms with E-state index in [0.717, 1.165) is 21.2 Å². The molecule has 0 radical (unpaired) electrons. The highest BCUT2D eigenvalue weighted by Crippen LogP contribution is 2.26. The second-order valence-electron chi connectivity index (χ2n) is 6.99. The van der Waals surface area contributed by atoms with Crippen LogP contribution in [0.5, 0.6) is 5.75 Å². The van der Waals surface area contributed by atoms with Gasteiger partial charge in [-0.2, -0.15) is 0 Å². The van der Waals surface area contributed by atoms with Gasteiger partial charge < -0.3 is 15.0 Å². The predicted molar refractivity (Wildman–Crippen MR) is 119 cm³/mol.